The molecule has 4 heteroatoms. The number of thioether (sulfide) groups is 3. The third-order valence-electron chi connectivity index (χ3n) is 1.97. The summed E-state index contributed by atoms with van der Waals surface area (Å²) >= 11 is 5.01. The van der Waals surface area contributed by atoms with Crippen LogP contribution in [0.5, 0.6) is 0 Å². The van der Waals surface area contributed by atoms with E-state index in [2.05, 4.69) is 6.07 Å². The molecule has 14 heavy (non-hydrogen) atoms. The molecule has 0 saturated heterocycles. The van der Waals surface area contributed by atoms with E-state index in [9.17, 15) is 5.11 Å². The molecule has 0 aromatic heterocycles. The van der Waals surface area contributed by atoms with Crippen LogP contribution in [0.2, 0.25) is 0 Å². The van der Waals surface area contributed by atoms with Crippen LogP contribution in [0.15, 0.2) is 26.8 Å². The summed E-state index contributed by atoms with van der Waals surface area (Å²) in [6, 6.07) is 4.14. The van der Waals surface area contributed by atoms with Crippen molar-refractivity contribution in [2.75, 3.05) is 18.8 Å². The molecule has 1 radical (unpaired) electrons. The molecule has 0 unspecified atom stereocenters. The molecule has 0 bridgehead atoms. The Morgan fingerprint density at radius 1 is 1.00 bits per heavy atom. The molecule has 0 amide bonds. The van der Waals surface area contributed by atoms with E-state index in [4.69, 9.17) is 0 Å². The highest BCUT2D eigenvalue weighted by molar-refractivity contribution is 8.01. The van der Waals surface area contributed by atoms with Gasteiger partial charge in [0.2, 0.25) is 0 Å². The van der Waals surface area contributed by atoms with Gasteiger partial charge < -0.3 is 0 Å². The molecule has 0 N–H and O–H groups in total. The Labute approximate surface area is 98.1 Å². The van der Waals surface area contributed by atoms with Gasteiger partial charge in [0.15, 0.2) is 0 Å². The van der Waals surface area contributed by atoms with Gasteiger partial charge in [-0.05, 0) is 30.9 Å². The van der Waals surface area contributed by atoms with Crippen LogP contribution in [0.25, 0.3) is 0 Å². The highest BCUT2D eigenvalue weighted by atomic mass is 32.2. The molecule has 0 atom stereocenters. The fourth-order valence-electron chi connectivity index (χ4n) is 1.30. The predicted octanol–water partition coefficient (Wildman–Crippen LogP) is 3.78. The zero-order chi connectivity index (χ0) is 10.6. The van der Waals surface area contributed by atoms with Crippen molar-refractivity contribution in [1.82, 2.24) is 0 Å². The molecule has 1 aromatic rings. The summed E-state index contributed by atoms with van der Waals surface area (Å²) in [5.74, 6) is 0. The zero-order valence-electron chi connectivity index (χ0n) is 8.49. The molecule has 0 aliphatic carbocycles. The van der Waals surface area contributed by atoms with Gasteiger partial charge in [0.05, 0.1) is 0 Å². The smallest absolute Gasteiger partial charge is 0.109 e. The first kappa shape index (κ1) is 12.3. The molecule has 0 saturated carbocycles. The van der Waals surface area contributed by atoms with E-state index in [-0.39, 0.29) is 6.61 Å². The van der Waals surface area contributed by atoms with E-state index >= 15 is 0 Å². The SMILES string of the molecule is CSc1ccc(SC)c(SC)c1C[O]. The lowest BCUT2D eigenvalue weighted by molar-refractivity contribution is 0.172. The molecule has 0 heterocycles. The minimum atomic E-state index is -0.124. The Morgan fingerprint density at radius 3 is 2.00 bits per heavy atom. The van der Waals surface area contributed by atoms with Crippen LogP contribution >= 0.6 is 35.3 Å². The summed E-state index contributed by atoms with van der Waals surface area (Å²) in [6.45, 7) is -0.124. The monoisotopic (exact) mass is 245 g/mol. The van der Waals surface area contributed by atoms with E-state index in [1.54, 1.807) is 35.3 Å². The molecular weight excluding hydrogens is 232 g/mol. The number of rotatable bonds is 4. The maximum atomic E-state index is 11.1. The molecule has 0 fully saturated rings. The van der Waals surface area contributed by atoms with Gasteiger partial charge in [0.1, 0.15) is 6.61 Å². The Bertz CT molecular complexity index is 281. The van der Waals surface area contributed by atoms with Crippen LogP contribution in [0, 0.1) is 0 Å². The molecule has 77 valence electrons. The van der Waals surface area contributed by atoms with Gasteiger partial charge in [0, 0.05) is 20.2 Å². The van der Waals surface area contributed by atoms with Gasteiger partial charge in [-0.25, -0.2) is 5.11 Å². The second-order valence-electron chi connectivity index (χ2n) is 2.63. The highest BCUT2D eigenvalue weighted by Crippen LogP contribution is 2.36. The van der Waals surface area contributed by atoms with Gasteiger partial charge >= 0.3 is 0 Å². The van der Waals surface area contributed by atoms with Crippen LogP contribution in [0.4, 0.5) is 0 Å². The van der Waals surface area contributed by atoms with Crippen LogP contribution in [-0.4, -0.2) is 18.8 Å². The van der Waals surface area contributed by atoms with E-state index < -0.39 is 0 Å². The number of hydrogen-bond acceptors (Lipinski definition) is 3. The average molecular weight is 245 g/mol. The zero-order valence-corrected chi connectivity index (χ0v) is 10.9. The van der Waals surface area contributed by atoms with Crippen LogP contribution in [0.3, 0.4) is 0 Å². The maximum Gasteiger partial charge on any atom is 0.109 e. The number of benzene rings is 1. The first-order valence-electron chi connectivity index (χ1n) is 4.14. The first-order chi connectivity index (χ1) is 6.78. The minimum Gasteiger partial charge on any atom is -0.231 e. The largest absolute Gasteiger partial charge is 0.231 e. The van der Waals surface area contributed by atoms with Crippen molar-refractivity contribution in [2.45, 2.75) is 21.3 Å². The molecule has 1 rings (SSSR count). The summed E-state index contributed by atoms with van der Waals surface area (Å²) < 4.78 is 0. The fourth-order valence-corrected chi connectivity index (χ4v) is 3.67. The van der Waals surface area contributed by atoms with Crippen LogP contribution in [-0.2, 0) is 11.7 Å². The lowest BCUT2D eigenvalue weighted by Gasteiger charge is -2.12. The standard InChI is InChI=1S/C10H13OS3/c1-12-8-4-5-9(13-2)10(14-3)7(8)6-11/h4-5H,6H2,1-3H3. The molecule has 0 spiro atoms. The van der Waals surface area contributed by atoms with Gasteiger partial charge in [-0.3, -0.25) is 0 Å². The fraction of sp³-hybridized carbons (Fsp3) is 0.400. The van der Waals surface area contributed by atoms with E-state index in [0.29, 0.717) is 0 Å². The minimum absolute atomic E-state index is 0.124. The quantitative estimate of drug-likeness (QED) is 0.753. The highest BCUT2D eigenvalue weighted by Gasteiger charge is 2.11. The topological polar surface area (TPSA) is 19.9 Å². The lowest BCUT2D eigenvalue weighted by atomic mass is 10.2. The second kappa shape index (κ2) is 5.95. The van der Waals surface area contributed by atoms with Gasteiger partial charge in [-0.2, -0.15) is 0 Å². The van der Waals surface area contributed by atoms with Gasteiger partial charge in [0.25, 0.3) is 0 Å². The molecule has 1 nitrogen and oxygen atoms in total. The molecule has 0 aliphatic rings. The second-order valence-corrected chi connectivity index (χ2v) is 5.14. The lowest BCUT2D eigenvalue weighted by Crippen LogP contribution is -1.92. The predicted molar refractivity (Wildman–Crippen MR) is 66.2 cm³/mol. The summed E-state index contributed by atoms with van der Waals surface area (Å²) in [7, 11) is 0. The molecular formula is C10H13OS3. The van der Waals surface area contributed by atoms with Crippen molar-refractivity contribution in [1.29, 1.82) is 0 Å². The summed E-state index contributed by atoms with van der Waals surface area (Å²) in [4.78, 5) is 3.47. The summed E-state index contributed by atoms with van der Waals surface area (Å²) in [5.41, 5.74) is 0.955. The third-order valence-corrected chi connectivity index (χ3v) is 4.58. The normalized spacial score (nSPS) is 10.6. The molecule has 0 aliphatic heterocycles. The van der Waals surface area contributed by atoms with E-state index in [1.165, 1.54) is 4.90 Å². The first-order valence-corrected chi connectivity index (χ1v) is 7.81. The maximum absolute atomic E-state index is 11.1. The Morgan fingerprint density at radius 2 is 1.57 bits per heavy atom. The summed E-state index contributed by atoms with van der Waals surface area (Å²) in [6.07, 6.45) is 6.08. The van der Waals surface area contributed by atoms with E-state index in [0.717, 1.165) is 15.4 Å². The van der Waals surface area contributed by atoms with Crippen LogP contribution in [0.1, 0.15) is 5.56 Å². The molecule has 1 aromatic carbocycles. The van der Waals surface area contributed by atoms with E-state index in [1.807, 2.05) is 24.8 Å². The third kappa shape index (κ3) is 2.42. The van der Waals surface area contributed by atoms with Crippen molar-refractivity contribution in [3.63, 3.8) is 0 Å². The van der Waals surface area contributed by atoms with Gasteiger partial charge in [-0.15, -0.1) is 35.3 Å². The Hall–Kier alpha value is 0.230. The average Bonchev–Trinajstić information content (AvgIpc) is 2.26. The Balaban J connectivity index is 3.28. The van der Waals surface area contributed by atoms with Gasteiger partial charge in [-0.1, -0.05) is 0 Å². The number of hydrogen-bond donors (Lipinski definition) is 0. The van der Waals surface area contributed by atoms with Crippen molar-refractivity contribution in [2.24, 2.45) is 0 Å². The summed E-state index contributed by atoms with van der Waals surface area (Å²) in [5, 5.41) is 11.1. The van der Waals surface area contributed by atoms with Crippen molar-refractivity contribution < 1.29 is 5.11 Å². The van der Waals surface area contributed by atoms with Crippen molar-refractivity contribution in [3.8, 4) is 0 Å². The van der Waals surface area contributed by atoms with Crippen molar-refractivity contribution >= 4 is 35.3 Å². The van der Waals surface area contributed by atoms with Crippen LogP contribution < -0.4 is 0 Å². The van der Waals surface area contributed by atoms with Crippen molar-refractivity contribution in [3.05, 3.63) is 17.7 Å². The Kier molecular flexibility index (Phi) is 5.23.